The number of benzene rings is 2. The van der Waals surface area contributed by atoms with Gasteiger partial charge in [-0.25, -0.2) is 5.43 Å². The van der Waals surface area contributed by atoms with E-state index in [1.165, 1.54) is 23.0 Å². The molecule has 2 aliphatic heterocycles. The van der Waals surface area contributed by atoms with E-state index in [9.17, 15) is 4.79 Å². The number of fused-ring (bicyclic) bond motifs is 1. The zero-order chi connectivity index (χ0) is 24.1. The van der Waals surface area contributed by atoms with Crippen LogP contribution in [0.25, 0.3) is 0 Å². The minimum Gasteiger partial charge on any atom is -0.493 e. The van der Waals surface area contributed by atoms with E-state index >= 15 is 0 Å². The number of aryl methyl sites for hydroxylation is 1. The van der Waals surface area contributed by atoms with E-state index < -0.39 is 0 Å². The van der Waals surface area contributed by atoms with E-state index in [2.05, 4.69) is 40.5 Å². The predicted octanol–water partition coefficient (Wildman–Crippen LogP) is 5.25. The highest BCUT2D eigenvalue weighted by Gasteiger charge is 2.26. The molecular weight excluding hydrogens is 448 g/mol. The first kappa shape index (κ1) is 24.1. The monoisotopic (exact) mass is 480 g/mol. The number of hydrogen-bond donors (Lipinski definition) is 1. The number of hydrogen-bond acceptors (Lipinski definition) is 6. The van der Waals surface area contributed by atoms with Crippen LogP contribution in [0.15, 0.2) is 46.5 Å². The molecule has 0 radical (unpaired) electrons. The number of anilines is 1. The molecule has 2 aliphatic rings. The van der Waals surface area contributed by atoms with Crippen molar-refractivity contribution in [3.05, 3.63) is 53.1 Å². The summed E-state index contributed by atoms with van der Waals surface area (Å²) in [6.45, 7) is 5.87. The van der Waals surface area contributed by atoms with Crippen LogP contribution >= 0.6 is 11.8 Å². The van der Waals surface area contributed by atoms with Crippen molar-refractivity contribution in [1.82, 2.24) is 5.43 Å². The maximum atomic E-state index is 11.6. The van der Waals surface area contributed by atoms with E-state index in [4.69, 9.17) is 14.5 Å². The molecule has 0 aliphatic carbocycles. The standard InChI is InChI=1S/C26H32N4O3S/c1-5-6-13-27-25(20-10-12-22(32-3)23(16-20)33-4)30-14-7-8-18-15-19(9-11-21(18)30)24-17(2)34-26(31)29-28-24/h9-12,15-17H,5-8,13-14H2,1-4H3,(H,29,31)/b27-25-. The van der Waals surface area contributed by atoms with Gasteiger partial charge in [-0.05, 0) is 67.6 Å². The van der Waals surface area contributed by atoms with Crippen LogP contribution in [0, 0.1) is 0 Å². The highest BCUT2D eigenvalue weighted by atomic mass is 32.2. The molecule has 7 nitrogen and oxygen atoms in total. The normalized spacial score (nSPS) is 18.2. The average molecular weight is 481 g/mol. The Labute approximate surface area is 205 Å². The predicted molar refractivity (Wildman–Crippen MR) is 140 cm³/mol. The summed E-state index contributed by atoms with van der Waals surface area (Å²) in [5.74, 6) is 2.35. The Hall–Kier alpha value is -3.00. The van der Waals surface area contributed by atoms with Crippen molar-refractivity contribution in [1.29, 1.82) is 0 Å². The lowest BCUT2D eigenvalue weighted by Crippen LogP contribution is -2.37. The summed E-state index contributed by atoms with van der Waals surface area (Å²) in [6, 6.07) is 12.5. The second-order valence-corrected chi connectivity index (χ2v) is 9.70. The number of carbonyl (C=O) groups excluding carboxylic acids is 1. The number of amides is 1. The molecule has 0 spiro atoms. The molecule has 0 bridgehead atoms. The van der Waals surface area contributed by atoms with Crippen molar-refractivity contribution in [3.63, 3.8) is 0 Å². The highest BCUT2D eigenvalue weighted by Crippen LogP contribution is 2.34. The molecule has 4 rings (SSSR count). The molecule has 1 unspecified atom stereocenters. The molecule has 2 aromatic carbocycles. The van der Waals surface area contributed by atoms with Gasteiger partial charge in [-0.3, -0.25) is 9.79 Å². The number of amidine groups is 1. The Morgan fingerprint density at radius 3 is 2.76 bits per heavy atom. The van der Waals surface area contributed by atoms with E-state index in [0.717, 1.165) is 61.4 Å². The van der Waals surface area contributed by atoms with E-state index in [0.29, 0.717) is 11.5 Å². The molecule has 0 aromatic heterocycles. The number of carbonyl (C=O) groups is 1. The summed E-state index contributed by atoms with van der Waals surface area (Å²) < 4.78 is 11.0. The fraction of sp³-hybridized carbons (Fsp3) is 0.423. The van der Waals surface area contributed by atoms with Crippen LogP contribution in [0.1, 0.15) is 49.8 Å². The molecule has 1 atom stereocenters. The Morgan fingerprint density at radius 1 is 1.21 bits per heavy atom. The Kier molecular flexibility index (Phi) is 7.77. The number of nitrogens with zero attached hydrogens (tertiary/aromatic N) is 3. The van der Waals surface area contributed by atoms with Gasteiger partial charge in [0.25, 0.3) is 5.24 Å². The molecule has 180 valence electrons. The number of ether oxygens (including phenoxy) is 2. The van der Waals surface area contributed by atoms with Crippen molar-refractivity contribution in [2.75, 3.05) is 32.2 Å². The summed E-state index contributed by atoms with van der Waals surface area (Å²) in [5, 5.41) is 4.24. The first-order valence-corrected chi connectivity index (χ1v) is 12.7. The molecule has 1 N–H and O–H groups in total. The number of unbranched alkanes of at least 4 members (excludes halogenated alkanes) is 1. The smallest absolute Gasteiger partial charge is 0.299 e. The van der Waals surface area contributed by atoms with Crippen molar-refractivity contribution in [2.45, 2.75) is 44.8 Å². The van der Waals surface area contributed by atoms with Crippen LogP contribution in [0.4, 0.5) is 10.5 Å². The van der Waals surface area contributed by atoms with Gasteiger partial charge in [-0.2, -0.15) is 5.10 Å². The van der Waals surface area contributed by atoms with Gasteiger partial charge < -0.3 is 14.4 Å². The topological polar surface area (TPSA) is 75.5 Å². The maximum absolute atomic E-state index is 11.6. The number of rotatable bonds is 7. The molecule has 0 fully saturated rings. The maximum Gasteiger partial charge on any atom is 0.299 e. The van der Waals surface area contributed by atoms with Crippen LogP contribution in [0.2, 0.25) is 0 Å². The minimum atomic E-state index is -0.108. The van der Waals surface area contributed by atoms with Gasteiger partial charge in [0, 0.05) is 24.3 Å². The largest absolute Gasteiger partial charge is 0.493 e. The third-order valence-corrected chi connectivity index (χ3v) is 6.98. The van der Waals surface area contributed by atoms with E-state index in [1.807, 2.05) is 25.1 Å². The lowest BCUT2D eigenvalue weighted by Gasteiger charge is -2.33. The van der Waals surface area contributed by atoms with Gasteiger partial charge in [0.15, 0.2) is 11.5 Å². The SMILES string of the molecule is CCCC/N=C(/c1ccc(OC)c(OC)c1)N1CCCc2cc(C3=NNC(=O)SC3C)ccc21. The number of thioether (sulfide) groups is 1. The Balaban J connectivity index is 1.72. The lowest BCUT2D eigenvalue weighted by molar-refractivity contribution is 0.261. The second kappa shape index (κ2) is 11.0. The van der Waals surface area contributed by atoms with Gasteiger partial charge in [-0.1, -0.05) is 31.2 Å². The number of methoxy groups -OCH3 is 2. The number of hydrazone groups is 1. The summed E-state index contributed by atoms with van der Waals surface area (Å²) in [7, 11) is 3.30. The zero-order valence-corrected chi connectivity index (χ0v) is 21.1. The summed E-state index contributed by atoms with van der Waals surface area (Å²) in [6.07, 6.45) is 4.16. The number of aliphatic imine (C=N–C) groups is 1. The van der Waals surface area contributed by atoms with Gasteiger partial charge in [-0.15, -0.1) is 0 Å². The summed E-state index contributed by atoms with van der Waals surface area (Å²) >= 11 is 1.27. The molecule has 8 heteroatoms. The summed E-state index contributed by atoms with van der Waals surface area (Å²) in [5.41, 5.74) is 8.00. The van der Waals surface area contributed by atoms with Crippen LogP contribution in [0.5, 0.6) is 11.5 Å². The van der Waals surface area contributed by atoms with Crippen molar-refractivity contribution in [3.8, 4) is 11.5 Å². The van der Waals surface area contributed by atoms with Gasteiger partial charge in [0.2, 0.25) is 0 Å². The first-order chi connectivity index (χ1) is 16.5. The second-order valence-electron chi connectivity index (χ2n) is 8.38. The van der Waals surface area contributed by atoms with Gasteiger partial charge >= 0.3 is 0 Å². The third-order valence-electron chi connectivity index (χ3n) is 6.10. The first-order valence-electron chi connectivity index (χ1n) is 11.8. The fourth-order valence-electron chi connectivity index (χ4n) is 4.37. The molecule has 1 amide bonds. The molecule has 0 saturated heterocycles. The highest BCUT2D eigenvalue weighted by molar-refractivity contribution is 8.14. The molecule has 0 saturated carbocycles. The van der Waals surface area contributed by atoms with Crippen molar-refractivity contribution < 1.29 is 14.3 Å². The zero-order valence-electron chi connectivity index (χ0n) is 20.3. The average Bonchev–Trinajstić information content (AvgIpc) is 2.86. The Morgan fingerprint density at radius 2 is 2.03 bits per heavy atom. The van der Waals surface area contributed by atoms with E-state index in [-0.39, 0.29) is 10.5 Å². The minimum absolute atomic E-state index is 0.0180. The van der Waals surface area contributed by atoms with Gasteiger partial charge in [0.05, 0.1) is 25.2 Å². The fourth-order valence-corrected chi connectivity index (χ4v) is 5.09. The molecule has 2 heterocycles. The lowest BCUT2D eigenvalue weighted by atomic mass is 9.96. The Bertz CT molecular complexity index is 1120. The number of nitrogens with one attached hydrogen (secondary N) is 1. The molecule has 2 aromatic rings. The van der Waals surface area contributed by atoms with Crippen molar-refractivity contribution in [2.24, 2.45) is 10.1 Å². The molecular formula is C26H32N4O3S. The van der Waals surface area contributed by atoms with E-state index in [1.54, 1.807) is 14.2 Å². The van der Waals surface area contributed by atoms with Crippen LogP contribution in [-0.2, 0) is 6.42 Å². The van der Waals surface area contributed by atoms with Crippen LogP contribution in [-0.4, -0.2) is 49.3 Å². The van der Waals surface area contributed by atoms with Gasteiger partial charge in [0.1, 0.15) is 5.84 Å². The molecule has 34 heavy (non-hydrogen) atoms. The van der Waals surface area contributed by atoms with Crippen molar-refractivity contribution >= 4 is 34.2 Å². The quantitative estimate of drug-likeness (QED) is 0.333. The third kappa shape index (κ3) is 5.06. The summed E-state index contributed by atoms with van der Waals surface area (Å²) in [4.78, 5) is 19.0. The van der Waals surface area contributed by atoms with Crippen LogP contribution < -0.4 is 19.8 Å². The van der Waals surface area contributed by atoms with Crippen LogP contribution in [0.3, 0.4) is 0 Å².